The van der Waals surface area contributed by atoms with E-state index >= 15 is 0 Å². The van der Waals surface area contributed by atoms with Crippen LogP contribution in [0.15, 0.2) is 34.2 Å². The molecule has 2 bridgehead atoms. The summed E-state index contributed by atoms with van der Waals surface area (Å²) in [4.78, 5) is 16.0. The Morgan fingerprint density at radius 1 is 1.26 bits per heavy atom. The Hall–Kier alpha value is -1.89. The third-order valence-corrected chi connectivity index (χ3v) is 5.56. The normalized spacial score (nSPS) is 25.7. The highest BCUT2D eigenvalue weighted by atomic mass is 32.2. The van der Waals surface area contributed by atoms with Crippen LogP contribution in [-0.2, 0) is 4.79 Å². The second-order valence-electron chi connectivity index (χ2n) is 6.25. The Bertz CT molecular complexity index is 690. The van der Waals surface area contributed by atoms with Gasteiger partial charge in [0.2, 0.25) is 11.8 Å². The van der Waals surface area contributed by atoms with Crippen molar-refractivity contribution in [2.45, 2.75) is 36.9 Å². The first kappa shape index (κ1) is 14.7. The predicted molar refractivity (Wildman–Crippen MR) is 85.6 cm³/mol. The molecule has 0 aromatic carbocycles. The highest BCUT2D eigenvalue weighted by Gasteiger charge is 2.40. The third-order valence-electron chi connectivity index (χ3n) is 4.74. The van der Waals surface area contributed by atoms with Crippen LogP contribution in [0.2, 0.25) is 0 Å². The van der Waals surface area contributed by atoms with E-state index in [-0.39, 0.29) is 5.91 Å². The number of aromatic nitrogens is 3. The van der Waals surface area contributed by atoms with Crippen molar-refractivity contribution in [1.29, 1.82) is 0 Å². The number of amides is 1. The molecule has 2 aliphatic carbocycles. The molecule has 1 amide bonds. The second-order valence-corrected chi connectivity index (χ2v) is 7.17. The molecule has 0 unspecified atom stereocenters. The van der Waals surface area contributed by atoms with Crippen molar-refractivity contribution in [2.24, 2.45) is 11.8 Å². The molecule has 3 atom stereocenters. The van der Waals surface area contributed by atoms with Gasteiger partial charge in [0.1, 0.15) is 0 Å². The molecule has 0 saturated heterocycles. The highest BCUT2D eigenvalue weighted by molar-refractivity contribution is 7.99. The monoisotopic (exact) mass is 330 g/mol. The number of hydrogen-bond donors (Lipinski definition) is 1. The molecule has 0 radical (unpaired) electrons. The summed E-state index contributed by atoms with van der Waals surface area (Å²) in [5.74, 6) is 2.33. The van der Waals surface area contributed by atoms with E-state index in [1.54, 1.807) is 12.4 Å². The van der Waals surface area contributed by atoms with E-state index in [2.05, 4.69) is 20.5 Å². The highest BCUT2D eigenvalue weighted by Crippen LogP contribution is 2.44. The van der Waals surface area contributed by atoms with Crippen molar-refractivity contribution in [2.75, 3.05) is 5.75 Å². The molecule has 2 aliphatic rings. The fraction of sp³-hybridized carbons (Fsp3) is 0.500. The number of carbonyl (C=O) groups excluding carboxylic acids is 1. The Balaban J connectivity index is 1.29. The van der Waals surface area contributed by atoms with E-state index in [9.17, 15) is 4.79 Å². The molecule has 120 valence electrons. The van der Waals surface area contributed by atoms with Crippen LogP contribution in [0.1, 0.15) is 25.7 Å². The SMILES string of the molecule is O=C(CSc1nnc(-c2ccncc2)o1)N[C@H]1C[C@H]2CC[C@@H]1C2. The van der Waals surface area contributed by atoms with Crippen LogP contribution >= 0.6 is 11.8 Å². The quantitative estimate of drug-likeness (QED) is 0.849. The van der Waals surface area contributed by atoms with Crippen LogP contribution in [0.4, 0.5) is 0 Å². The fourth-order valence-corrected chi connectivity index (χ4v) is 4.25. The molecule has 2 aromatic rings. The first-order valence-corrected chi connectivity index (χ1v) is 8.92. The lowest BCUT2D eigenvalue weighted by molar-refractivity contribution is -0.119. The van der Waals surface area contributed by atoms with Gasteiger partial charge >= 0.3 is 0 Å². The van der Waals surface area contributed by atoms with Crippen molar-refractivity contribution in [3.05, 3.63) is 24.5 Å². The van der Waals surface area contributed by atoms with Gasteiger partial charge in [-0.3, -0.25) is 9.78 Å². The number of nitrogens with zero attached hydrogens (tertiary/aromatic N) is 3. The zero-order valence-corrected chi connectivity index (χ0v) is 13.5. The summed E-state index contributed by atoms with van der Waals surface area (Å²) in [7, 11) is 0. The number of rotatable bonds is 5. The lowest BCUT2D eigenvalue weighted by atomic mass is 9.95. The maximum absolute atomic E-state index is 12.1. The van der Waals surface area contributed by atoms with Crippen molar-refractivity contribution < 1.29 is 9.21 Å². The van der Waals surface area contributed by atoms with E-state index < -0.39 is 0 Å². The Labute approximate surface area is 138 Å². The van der Waals surface area contributed by atoms with Crippen molar-refractivity contribution in [1.82, 2.24) is 20.5 Å². The van der Waals surface area contributed by atoms with Crippen molar-refractivity contribution in [3.8, 4) is 11.5 Å². The second kappa shape index (κ2) is 6.31. The molecular formula is C16H18N4O2S. The molecule has 0 aliphatic heterocycles. The Kier molecular flexibility index (Phi) is 4.03. The number of hydrogen-bond acceptors (Lipinski definition) is 6. The molecule has 2 fully saturated rings. The smallest absolute Gasteiger partial charge is 0.277 e. The molecule has 2 aromatic heterocycles. The van der Waals surface area contributed by atoms with Gasteiger partial charge in [-0.1, -0.05) is 18.2 Å². The van der Waals surface area contributed by atoms with E-state index in [0.29, 0.717) is 28.8 Å². The molecule has 1 N–H and O–H groups in total. The van der Waals surface area contributed by atoms with Gasteiger partial charge in [0.05, 0.1) is 5.75 Å². The van der Waals surface area contributed by atoms with Gasteiger partial charge in [0.25, 0.3) is 5.22 Å². The van der Waals surface area contributed by atoms with Gasteiger partial charge < -0.3 is 9.73 Å². The molecule has 6 nitrogen and oxygen atoms in total. The molecule has 2 heterocycles. The van der Waals surface area contributed by atoms with Crippen molar-refractivity contribution >= 4 is 17.7 Å². The zero-order valence-electron chi connectivity index (χ0n) is 12.6. The summed E-state index contributed by atoms with van der Waals surface area (Å²) in [6.45, 7) is 0. The van der Waals surface area contributed by atoms with Crippen LogP contribution in [0.3, 0.4) is 0 Å². The van der Waals surface area contributed by atoms with E-state index in [1.807, 2.05) is 12.1 Å². The number of nitrogens with one attached hydrogen (secondary N) is 1. The first-order chi connectivity index (χ1) is 11.3. The van der Waals surface area contributed by atoms with Crippen molar-refractivity contribution in [3.63, 3.8) is 0 Å². The Morgan fingerprint density at radius 3 is 2.87 bits per heavy atom. The number of fused-ring (bicyclic) bond motifs is 2. The number of pyridine rings is 1. The van der Waals surface area contributed by atoms with Crippen LogP contribution in [0, 0.1) is 11.8 Å². The lowest BCUT2D eigenvalue weighted by Gasteiger charge is -2.22. The summed E-state index contributed by atoms with van der Waals surface area (Å²) in [5, 5.41) is 11.6. The third kappa shape index (κ3) is 3.24. The average molecular weight is 330 g/mol. The molecule has 4 rings (SSSR count). The van der Waals surface area contributed by atoms with Gasteiger partial charge in [-0.2, -0.15) is 0 Å². The molecule has 0 spiro atoms. The van der Waals surface area contributed by atoms with E-state index in [0.717, 1.165) is 17.9 Å². The van der Waals surface area contributed by atoms with E-state index in [4.69, 9.17) is 4.42 Å². The maximum Gasteiger partial charge on any atom is 0.277 e. The number of carbonyl (C=O) groups is 1. The van der Waals surface area contributed by atoms with Gasteiger partial charge in [0.15, 0.2) is 0 Å². The molecular weight excluding hydrogens is 312 g/mol. The topological polar surface area (TPSA) is 80.9 Å². The standard InChI is InChI=1S/C16H18N4O2S/c21-14(18-13-8-10-1-2-12(13)7-10)9-23-16-20-19-15(22-16)11-3-5-17-6-4-11/h3-6,10,12-13H,1-2,7-9H2,(H,18,21)/t10-,12+,13-/m0/s1. The minimum Gasteiger partial charge on any atom is -0.411 e. The fourth-order valence-electron chi connectivity index (χ4n) is 3.68. The van der Waals surface area contributed by atoms with Gasteiger partial charge in [-0.05, 0) is 43.2 Å². The summed E-state index contributed by atoms with van der Waals surface area (Å²) in [6, 6.07) is 3.99. The van der Waals surface area contributed by atoms with Gasteiger partial charge in [-0.15, -0.1) is 10.2 Å². The molecule has 2 saturated carbocycles. The van der Waals surface area contributed by atoms with Crippen LogP contribution in [0.5, 0.6) is 0 Å². The largest absolute Gasteiger partial charge is 0.411 e. The number of thioether (sulfide) groups is 1. The first-order valence-electron chi connectivity index (χ1n) is 7.94. The van der Waals surface area contributed by atoms with Crippen LogP contribution < -0.4 is 5.32 Å². The van der Waals surface area contributed by atoms with E-state index in [1.165, 1.54) is 31.0 Å². The van der Waals surface area contributed by atoms with Gasteiger partial charge in [0, 0.05) is 24.0 Å². The maximum atomic E-state index is 12.1. The minimum atomic E-state index is 0.0520. The average Bonchev–Trinajstić information content (AvgIpc) is 3.30. The summed E-state index contributed by atoms with van der Waals surface area (Å²) in [6.07, 6.45) is 8.39. The lowest BCUT2D eigenvalue weighted by Crippen LogP contribution is -2.39. The van der Waals surface area contributed by atoms with Gasteiger partial charge in [-0.25, -0.2) is 0 Å². The predicted octanol–water partition coefficient (Wildman–Crippen LogP) is 2.53. The summed E-state index contributed by atoms with van der Waals surface area (Å²) in [5.41, 5.74) is 0.825. The van der Waals surface area contributed by atoms with Crippen LogP contribution in [-0.4, -0.2) is 32.9 Å². The summed E-state index contributed by atoms with van der Waals surface area (Å²) >= 11 is 1.28. The molecule has 7 heteroatoms. The van der Waals surface area contributed by atoms with Crippen LogP contribution in [0.25, 0.3) is 11.5 Å². The zero-order chi connectivity index (χ0) is 15.6. The Morgan fingerprint density at radius 2 is 2.13 bits per heavy atom. The molecule has 23 heavy (non-hydrogen) atoms. The summed E-state index contributed by atoms with van der Waals surface area (Å²) < 4.78 is 5.57. The minimum absolute atomic E-state index is 0.0520.